The molecule has 0 aliphatic carbocycles. The van der Waals surface area contributed by atoms with Crippen LogP contribution in [0.3, 0.4) is 0 Å². The molecule has 0 bridgehead atoms. The number of ether oxygens (including phenoxy) is 1. The minimum absolute atomic E-state index is 0.254. The van der Waals surface area contributed by atoms with Gasteiger partial charge in [0.1, 0.15) is 11.6 Å². The van der Waals surface area contributed by atoms with Gasteiger partial charge in [-0.25, -0.2) is 4.39 Å². The Hall–Kier alpha value is -1.83. The molecule has 2 heteroatoms. The Morgan fingerprint density at radius 3 is 2.88 bits per heavy atom. The lowest BCUT2D eigenvalue weighted by Gasteiger charge is -2.06. The van der Waals surface area contributed by atoms with Gasteiger partial charge in [0, 0.05) is 0 Å². The van der Waals surface area contributed by atoms with Gasteiger partial charge in [0.2, 0.25) is 0 Å². The van der Waals surface area contributed by atoms with Crippen LogP contribution in [0.1, 0.15) is 6.92 Å². The van der Waals surface area contributed by atoms with Gasteiger partial charge in [-0.3, -0.25) is 0 Å². The van der Waals surface area contributed by atoms with Gasteiger partial charge in [0.15, 0.2) is 0 Å². The van der Waals surface area contributed by atoms with Crippen LogP contribution >= 0.6 is 0 Å². The molecule has 2 aromatic rings. The minimum atomic E-state index is -0.254. The molecule has 0 unspecified atom stereocenters. The van der Waals surface area contributed by atoms with Crippen LogP contribution in [0.15, 0.2) is 42.5 Å². The first-order valence-corrected chi connectivity index (χ1v) is 5.20. The van der Waals surface area contributed by atoms with Crippen LogP contribution in [0.4, 0.5) is 4.39 Å². The normalized spacial score (nSPS) is 10.1. The average molecular weight is 215 g/mol. The SMILES string of the molecule is CCOc1cccc(-c2[c]ccc(F)c2)c1. The van der Waals surface area contributed by atoms with Crippen molar-refractivity contribution in [3.05, 3.63) is 54.3 Å². The fourth-order valence-electron chi connectivity index (χ4n) is 1.53. The van der Waals surface area contributed by atoms with E-state index in [0.717, 1.165) is 16.9 Å². The fraction of sp³-hybridized carbons (Fsp3) is 0.143. The summed E-state index contributed by atoms with van der Waals surface area (Å²) in [4.78, 5) is 0. The van der Waals surface area contributed by atoms with E-state index in [2.05, 4.69) is 6.07 Å². The summed E-state index contributed by atoms with van der Waals surface area (Å²) in [6.45, 7) is 2.55. The Kier molecular flexibility index (Phi) is 3.20. The van der Waals surface area contributed by atoms with Crippen LogP contribution in [0.2, 0.25) is 0 Å². The zero-order valence-electron chi connectivity index (χ0n) is 9.03. The van der Waals surface area contributed by atoms with Crippen LogP contribution in [0, 0.1) is 11.9 Å². The Balaban J connectivity index is 2.36. The maximum absolute atomic E-state index is 13.1. The second-order valence-electron chi connectivity index (χ2n) is 3.38. The molecule has 0 spiro atoms. The molecule has 81 valence electrons. The lowest BCUT2D eigenvalue weighted by molar-refractivity contribution is 0.340. The summed E-state index contributed by atoms with van der Waals surface area (Å²) in [6.07, 6.45) is 0. The quantitative estimate of drug-likeness (QED) is 0.758. The standard InChI is InChI=1S/C14H12FO/c1-2-16-14-8-4-6-12(10-14)11-5-3-7-13(15)9-11/h3-4,6-10H,2H2,1H3. The van der Waals surface area contributed by atoms with E-state index < -0.39 is 0 Å². The molecule has 16 heavy (non-hydrogen) atoms. The first-order chi connectivity index (χ1) is 7.79. The highest BCUT2D eigenvalue weighted by atomic mass is 19.1. The molecular formula is C14H12FO. The van der Waals surface area contributed by atoms with Crippen molar-refractivity contribution in [2.24, 2.45) is 0 Å². The first-order valence-electron chi connectivity index (χ1n) is 5.20. The highest BCUT2D eigenvalue weighted by Crippen LogP contribution is 2.23. The lowest BCUT2D eigenvalue weighted by Crippen LogP contribution is -1.91. The minimum Gasteiger partial charge on any atom is -0.494 e. The van der Waals surface area contributed by atoms with Gasteiger partial charge in [0.05, 0.1) is 6.61 Å². The molecule has 0 aromatic heterocycles. The second kappa shape index (κ2) is 4.79. The molecule has 1 radical (unpaired) electrons. The number of hydrogen-bond donors (Lipinski definition) is 0. The zero-order chi connectivity index (χ0) is 11.4. The Labute approximate surface area is 94.5 Å². The van der Waals surface area contributed by atoms with Gasteiger partial charge in [-0.15, -0.1) is 0 Å². The monoisotopic (exact) mass is 215 g/mol. The zero-order valence-corrected chi connectivity index (χ0v) is 9.03. The van der Waals surface area contributed by atoms with E-state index in [1.807, 2.05) is 31.2 Å². The van der Waals surface area contributed by atoms with E-state index in [-0.39, 0.29) is 5.82 Å². The molecule has 0 amide bonds. The summed E-state index contributed by atoms with van der Waals surface area (Å²) in [5.74, 6) is 0.535. The summed E-state index contributed by atoms with van der Waals surface area (Å²) in [6, 6.07) is 15.0. The highest BCUT2D eigenvalue weighted by Gasteiger charge is 2.01. The van der Waals surface area contributed by atoms with Crippen molar-refractivity contribution < 1.29 is 9.13 Å². The molecule has 0 saturated carbocycles. The number of benzene rings is 2. The molecule has 0 atom stereocenters. The van der Waals surface area contributed by atoms with Crippen LogP contribution < -0.4 is 4.74 Å². The fourth-order valence-corrected chi connectivity index (χ4v) is 1.53. The van der Waals surface area contributed by atoms with Crippen molar-refractivity contribution in [1.82, 2.24) is 0 Å². The van der Waals surface area contributed by atoms with Gasteiger partial charge in [0.25, 0.3) is 0 Å². The van der Waals surface area contributed by atoms with Crippen LogP contribution in [-0.2, 0) is 0 Å². The number of hydrogen-bond acceptors (Lipinski definition) is 1. The Morgan fingerprint density at radius 2 is 2.12 bits per heavy atom. The molecule has 1 nitrogen and oxygen atoms in total. The average Bonchev–Trinajstić information content (AvgIpc) is 2.30. The third kappa shape index (κ3) is 2.40. The van der Waals surface area contributed by atoms with Crippen molar-refractivity contribution in [3.63, 3.8) is 0 Å². The summed E-state index contributed by atoms with van der Waals surface area (Å²) >= 11 is 0. The van der Waals surface area contributed by atoms with Crippen molar-refractivity contribution in [3.8, 4) is 16.9 Å². The molecule has 0 aliphatic rings. The molecular weight excluding hydrogens is 203 g/mol. The lowest BCUT2D eigenvalue weighted by atomic mass is 10.1. The maximum Gasteiger partial charge on any atom is 0.123 e. The molecule has 0 heterocycles. The first kappa shape index (κ1) is 10.7. The third-order valence-corrected chi connectivity index (χ3v) is 2.22. The van der Waals surface area contributed by atoms with Crippen LogP contribution in [-0.4, -0.2) is 6.61 Å². The van der Waals surface area contributed by atoms with Gasteiger partial charge >= 0.3 is 0 Å². The van der Waals surface area contributed by atoms with Crippen LogP contribution in [0.5, 0.6) is 5.75 Å². The molecule has 0 N–H and O–H groups in total. The molecule has 0 saturated heterocycles. The second-order valence-corrected chi connectivity index (χ2v) is 3.38. The summed E-state index contributed by atoms with van der Waals surface area (Å²) < 4.78 is 18.4. The van der Waals surface area contributed by atoms with Gasteiger partial charge in [-0.2, -0.15) is 0 Å². The highest BCUT2D eigenvalue weighted by molar-refractivity contribution is 5.64. The molecule has 0 fully saturated rings. The largest absolute Gasteiger partial charge is 0.494 e. The predicted octanol–water partition coefficient (Wildman–Crippen LogP) is 3.69. The van der Waals surface area contributed by atoms with Gasteiger partial charge < -0.3 is 4.74 Å². The van der Waals surface area contributed by atoms with Gasteiger partial charge in [-0.05, 0) is 48.4 Å². The smallest absolute Gasteiger partial charge is 0.123 e. The summed E-state index contributed by atoms with van der Waals surface area (Å²) in [5.41, 5.74) is 1.65. The maximum atomic E-state index is 13.1. The van der Waals surface area contributed by atoms with Crippen LogP contribution in [0.25, 0.3) is 11.1 Å². The number of rotatable bonds is 3. The van der Waals surface area contributed by atoms with Crippen molar-refractivity contribution in [2.45, 2.75) is 6.92 Å². The van der Waals surface area contributed by atoms with Crippen molar-refractivity contribution in [1.29, 1.82) is 0 Å². The van der Waals surface area contributed by atoms with E-state index in [1.165, 1.54) is 12.1 Å². The molecule has 0 aliphatic heterocycles. The van der Waals surface area contributed by atoms with E-state index in [1.54, 1.807) is 6.07 Å². The molecule has 2 rings (SSSR count). The van der Waals surface area contributed by atoms with E-state index in [9.17, 15) is 4.39 Å². The van der Waals surface area contributed by atoms with Crippen molar-refractivity contribution >= 4 is 0 Å². The predicted molar refractivity (Wildman–Crippen MR) is 61.8 cm³/mol. The summed E-state index contributed by atoms with van der Waals surface area (Å²) in [5, 5.41) is 0. The Morgan fingerprint density at radius 1 is 1.25 bits per heavy atom. The number of halogens is 1. The summed E-state index contributed by atoms with van der Waals surface area (Å²) in [7, 11) is 0. The van der Waals surface area contributed by atoms with E-state index in [0.29, 0.717) is 6.61 Å². The topological polar surface area (TPSA) is 9.23 Å². The third-order valence-electron chi connectivity index (χ3n) is 2.22. The Bertz CT molecular complexity index is 480. The van der Waals surface area contributed by atoms with Gasteiger partial charge in [-0.1, -0.05) is 18.2 Å². The van der Waals surface area contributed by atoms with E-state index in [4.69, 9.17) is 4.74 Å². The van der Waals surface area contributed by atoms with E-state index >= 15 is 0 Å². The van der Waals surface area contributed by atoms with Crippen molar-refractivity contribution in [2.75, 3.05) is 6.61 Å². The molecule has 2 aromatic carbocycles.